The van der Waals surface area contributed by atoms with Crippen LogP contribution in [0.2, 0.25) is 0 Å². The largest absolute Gasteiger partial charge is 0.477 e. The minimum absolute atomic E-state index is 0.649. The highest BCUT2D eigenvalue weighted by Gasteiger charge is 2.11. The van der Waals surface area contributed by atoms with E-state index in [4.69, 9.17) is 4.74 Å². The molecule has 0 spiro atoms. The van der Waals surface area contributed by atoms with Crippen molar-refractivity contribution in [3.63, 3.8) is 0 Å². The summed E-state index contributed by atoms with van der Waals surface area (Å²) in [6.07, 6.45) is 8.04. The zero-order chi connectivity index (χ0) is 11.4. The number of ether oxygens (including phenoxy) is 1. The third-order valence-corrected chi connectivity index (χ3v) is 3.68. The first-order chi connectivity index (χ1) is 7.75. The van der Waals surface area contributed by atoms with Crippen LogP contribution >= 0.6 is 15.9 Å². The van der Waals surface area contributed by atoms with Crippen molar-refractivity contribution < 1.29 is 4.74 Å². The Morgan fingerprint density at radius 2 is 2.31 bits per heavy atom. The molecule has 1 heterocycles. The molecule has 16 heavy (non-hydrogen) atoms. The van der Waals surface area contributed by atoms with Gasteiger partial charge in [-0.3, -0.25) is 0 Å². The lowest BCUT2D eigenvalue weighted by molar-refractivity contribution is 0.231. The molecule has 2 rings (SSSR count). The van der Waals surface area contributed by atoms with Gasteiger partial charge in [-0.25, -0.2) is 4.98 Å². The van der Waals surface area contributed by atoms with Crippen molar-refractivity contribution in [3.05, 3.63) is 34.5 Å². The molecule has 0 aromatic carbocycles. The predicted molar refractivity (Wildman–Crippen MR) is 68.7 cm³/mol. The smallest absolute Gasteiger partial charge is 0.213 e. The second-order valence-corrected chi connectivity index (χ2v) is 5.03. The average molecular weight is 282 g/mol. The van der Waals surface area contributed by atoms with Crippen molar-refractivity contribution in [2.75, 3.05) is 6.61 Å². The molecule has 3 heteroatoms. The highest BCUT2D eigenvalue weighted by Crippen LogP contribution is 2.21. The normalized spacial score (nSPS) is 19.8. The first kappa shape index (κ1) is 11.6. The van der Waals surface area contributed by atoms with Gasteiger partial charge >= 0.3 is 0 Å². The lowest BCUT2D eigenvalue weighted by Gasteiger charge is -2.17. The molecule has 1 aromatic heterocycles. The van der Waals surface area contributed by atoms with Crippen LogP contribution in [0.3, 0.4) is 0 Å². The SMILES string of the molecule is Cc1nc(OCC2CC=CCC2)ccc1Br. The van der Waals surface area contributed by atoms with Gasteiger partial charge in [-0.05, 0) is 54.1 Å². The molecule has 0 bridgehead atoms. The number of rotatable bonds is 3. The van der Waals surface area contributed by atoms with Crippen molar-refractivity contribution in [1.82, 2.24) is 4.98 Å². The fraction of sp³-hybridized carbons (Fsp3) is 0.462. The molecule has 0 aliphatic heterocycles. The predicted octanol–water partition coefficient (Wildman–Crippen LogP) is 3.89. The van der Waals surface area contributed by atoms with Crippen LogP contribution in [0.15, 0.2) is 28.8 Å². The molecule has 0 saturated carbocycles. The second-order valence-electron chi connectivity index (χ2n) is 4.18. The third kappa shape index (κ3) is 3.08. The number of aryl methyl sites for hydroxylation is 1. The number of hydrogen-bond acceptors (Lipinski definition) is 2. The van der Waals surface area contributed by atoms with Crippen LogP contribution in [0.25, 0.3) is 0 Å². The summed E-state index contributed by atoms with van der Waals surface area (Å²) >= 11 is 3.43. The maximum absolute atomic E-state index is 5.72. The minimum atomic E-state index is 0.649. The molecule has 1 aromatic rings. The molecular weight excluding hydrogens is 266 g/mol. The number of pyridine rings is 1. The van der Waals surface area contributed by atoms with E-state index in [0.717, 1.165) is 29.1 Å². The number of aromatic nitrogens is 1. The Morgan fingerprint density at radius 3 is 3.00 bits per heavy atom. The van der Waals surface area contributed by atoms with Crippen LogP contribution in [-0.2, 0) is 0 Å². The zero-order valence-corrected chi connectivity index (χ0v) is 11.0. The van der Waals surface area contributed by atoms with Gasteiger partial charge in [0.1, 0.15) is 0 Å². The Bertz CT molecular complexity index is 390. The second kappa shape index (κ2) is 5.48. The van der Waals surface area contributed by atoms with Crippen molar-refractivity contribution in [3.8, 4) is 5.88 Å². The van der Waals surface area contributed by atoms with Gasteiger partial charge in [0.25, 0.3) is 0 Å². The summed E-state index contributed by atoms with van der Waals surface area (Å²) in [4.78, 5) is 4.37. The summed E-state index contributed by atoms with van der Waals surface area (Å²) in [5.74, 6) is 1.38. The summed E-state index contributed by atoms with van der Waals surface area (Å²) < 4.78 is 6.74. The van der Waals surface area contributed by atoms with Crippen LogP contribution in [0.1, 0.15) is 25.0 Å². The van der Waals surface area contributed by atoms with Gasteiger partial charge < -0.3 is 4.74 Å². The number of hydrogen-bond donors (Lipinski definition) is 0. The minimum Gasteiger partial charge on any atom is -0.477 e. The maximum Gasteiger partial charge on any atom is 0.213 e. The molecule has 1 unspecified atom stereocenters. The standard InChI is InChI=1S/C13H16BrNO/c1-10-12(14)7-8-13(15-10)16-9-11-5-3-2-4-6-11/h2-3,7-8,11H,4-6,9H2,1H3. The van der Waals surface area contributed by atoms with Crippen LogP contribution in [0.4, 0.5) is 0 Å². The molecular formula is C13H16BrNO. The van der Waals surface area contributed by atoms with E-state index in [-0.39, 0.29) is 0 Å². The van der Waals surface area contributed by atoms with Crippen molar-refractivity contribution in [2.45, 2.75) is 26.2 Å². The third-order valence-electron chi connectivity index (χ3n) is 2.84. The Hall–Kier alpha value is -0.830. The van der Waals surface area contributed by atoms with Crippen LogP contribution < -0.4 is 4.74 Å². The van der Waals surface area contributed by atoms with E-state index in [0.29, 0.717) is 5.92 Å². The van der Waals surface area contributed by atoms with E-state index in [1.165, 1.54) is 12.8 Å². The fourth-order valence-electron chi connectivity index (χ4n) is 1.81. The van der Waals surface area contributed by atoms with Crippen LogP contribution in [-0.4, -0.2) is 11.6 Å². The molecule has 1 aliphatic carbocycles. The Labute approximate surface area is 105 Å². The highest BCUT2D eigenvalue weighted by molar-refractivity contribution is 9.10. The van der Waals surface area contributed by atoms with Gasteiger partial charge in [-0.2, -0.15) is 0 Å². The molecule has 0 amide bonds. The van der Waals surface area contributed by atoms with Gasteiger partial charge in [0.15, 0.2) is 0 Å². The summed E-state index contributed by atoms with van der Waals surface area (Å²) in [7, 11) is 0. The molecule has 0 N–H and O–H groups in total. The Kier molecular flexibility index (Phi) is 3.99. The van der Waals surface area contributed by atoms with E-state index >= 15 is 0 Å². The fourth-order valence-corrected chi connectivity index (χ4v) is 2.03. The zero-order valence-electron chi connectivity index (χ0n) is 9.45. The molecule has 0 fully saturated rings. The van der Waals surface area contributed by atoms with Crippen molar-refractivity contribution in [2.24, 2.45) is 5.92 Å². The quantitative estimate of drug-likeness (QED) is 0.785. The molecule has 2 nitrogen and oxygen atoms in total. The monoisotopic (exact) mass is 281 g/mol. The number of nitrogens with zero attached hydrogens (tertiary/aromatic N) is 1. The molecule has 1 aliphatic rings. The maximum atomic E-state index is 5.72. The summed E-state index contributed by atoms with van der Waals surface area (Å²) in [5.41, 5.74) is 0.973. The summed E-state index contributed by atoms with van der Waals surface area (Å²) in [6.45, 7) is 2.75. The summed E-state index contributed by atoms with van der Waals surface area (Å²) in [5, 5.41) is 0. The Morgan fingerprint density at radius 1 is 1.44 bits per heavy atom. The van der Waals surface area contributed by atoms with Crippen molar-refractivity contribution in [1.29, 1.82) is 0 Å². The summed E-state index contributed by atoms with van der Waals surface area (Å²) in [6, 6.07) is 3.90. The molecule has 86 valence electrons. The van der Waals surface area contributed by atoms with Crippen molar-refractivity contribution >= 4 is 15.9 Å². The van der Waals surface area contributed by atoms with E-state index in [9.17, 15) is 0 Å². The molecule has 1 atom stereocenters. The Balaban J connectivity index is 1.89. The van der Waals surface area contributed by atoms with Crippen LogP contribution in [0, 0.1) is 12.8 Å². The lowest BCUT2D eigenvalue weighted by atomic mass is 9.95. The van der Waals surface area contributed by atoms with Gasteiger partial charge in [0.2, 0.25) is 5.88 Å². The van der Waals surface area contributed by atoms with E-state index in [1.807, 2.05) is 19.1 Å². The molecule has 0 saturated heterocycles. The average Bonchev–Trinajstić information content (AvgIpc) is 2.32. The molecule has 0 radical (unpaired) electrons. The first-order valence-electron chi connectivity index (χ1n) is 5.66. The highest BCUT2D eigenvalue weighted by atomic mass is 79.9. The van der Waals surface area contributed by atoms with E-state index < -0.39 is 0 Å². The topological polar surface area (TPSA) is 22.1 Å². The van der Waals surface area contributed by atoms with Gasteiger partial charge in [-0.15, -0.1) is 0 Å². The van der Waals surface area contributed by atoms with Crippen LogP contribution in [0.5, 0.6) is 5.88 Å². The lowest BCUT2D eigenvalue weighted by Crippen LogP contribution is -2.13. The van der Waals surface area contributed by atoms with E-state index in [1.54, 1.807) is 0 Å². The van der Waals surface area contributed by atoms with E-state index in [2.05, 4.69) is 33.1 Å². The van der Waals surface area contributed by atoms with Gasteiger partial charge in [-0.1, -0.05) is 12.2 Å². The number of halogens is 1. The number of allylic oxidation sites excluding steroid dienone is 2. The van der Waals surface area contributed by atoms with Gasteiger partial charge in [0, 0.05) is 10.5 Å². The van der Waals surface area contributed by atoms with Gasteiger partial charge in [0.05, 0.1) is 12.3 Å². The first-order valence-corrected chi connectivity index (χ1v) is 6.46.